The van der Waals surface area contributed by atoms with E-state index >= 15 is 0 Å². The minimum absolute atomic E-state index is 0.0569. The van der Waals surface area contributed by atoms with Crippen molar-refractivity contribution in [2.75, 3.05) is 5.75 Å². The molecule has 1 unspecified atom stereocenters. The van der Waals surface area contributed by atoms with Crippen LogP contribution in [0.2, 0.25) is 0 Å². The van der Waals surface area contributed by atoms with E-state index in [1.807, 2.05) is 52.0 Å². The highest BCUT2D eigenvalue weighted by Gasteiger charge is 2.18. The normalized spacial score (nSPS) is 12.3. The Morgan fingerprint density at radius 2 is 2.00 bits per heavy atom. The summed E-state index contributed by atoms with van der Waals surface area (Å²) in [6.45, 7) is 8.42. The Bertz CT molecular complexity index is 1040. The quantitative estimate of drug-likeness (QED) is 0.468. The minimum atomic E-state index is -0.104. The maximum Gasteiger partial charge on any atom is 0.273 e. The van der Waals surface area contributed by atoms with Crippen molar-refractivity contribution >= 4 is 39.4 Å². The summed E-state index contributed by atoms with van der Waals surface area (Å²) in [5, 5.41) is 3.49. The molecule has 0 aliphatic rings. The van der Waals surface area contributed by atoms with E-state index in [1.54, 1.807) is 4.57 Å². The molecule has 8 heteroatoms. The number of rotatable bonds is 7. The van der Waals surface area contributed by atoms with Crippen LogP contribution < -0.4 is 10.9 Å². The van der Waals surface area contributed by atoms with Crippen molar-refractivity contribution in [1.29, 1.82) is 0 Å². The molecule has 0 radical (unpaired) electrons. The van der Waals surface area contributed by atoms with Crippen LogP contribution in [0.3, 0.4) is 0 Å². The number of hydrogen-bond acceptors (Lipinski definition) is 6. The molecule has 0 spiro atoms. The lowest BCUT2D eigenvalue weighted by Crippen LogP contribution is -2.33. The van der Waals surface area contributed by atoms with Crippen molar-refractivity contribution in [3.05, 3.63) is 40.2 Å². The molecule has 1 atom stereocenters. The Hall–Kier alpha value is -2.19. The number of aryl methyl sites for hydroxylation is 1. The number of thioether (sulfide) groups is 1. The number of benzene rings is 1. The van der Waals surface area contributed by atoms with Gasteiger partial charge in [0.15, 0.2) is 5.16 Å². The zero-order valence-electron chi connectivity index (χ0n) is 16.5. The molecule has 3 aromatic rings. The number of carbonyl (C=O) groups is 1. The summed E-state index contributed by atoms with van der Waals surface area (Å²) in [6, 6.07) is 8.14. The molecule has 6 nitrogen and oxygen atoms in total. The third kappa shape index (κ3) is 4.28. The Balaban J connectivity index is 1.97. The number of carbonyl (C=O) groups excluding carboxylic acids is 1. The van der Waals surface area contributed by atoms with E-state index in [2.05, 4.69) is 9.69 Å². The molecule has 3 rings (SSSR count). The molecule has 148 valence electrons. The van der Waals surface area contributed by atoms with Crippen LogP contribution in [0.1, 0.15) is 32.8 Å². The first-order chi connectivity index (χ1) is 13.4. The molecule has 28 heavy (non-hydrogen) atoms. The third-order valence-electron chi connectivity index (χ3n) is 4.54. The van der Waals surface area contributed by atoms with Crippen LogP contribution in [-0.4, -0.2) is 31.6 Å². The number of nitrogens with zero attached hydrogens (tertiary/aromatic N) is 3. The van der Waals surface area contributed by atoms with Gasteiger partial charge in [-0.2, -0.15) is 4.37 Å². The molecule has 0 saturated heterocycles. The number of nitrogens with one attached hydrogen (secondary N) is 1. The summed E-state index contributed by atoms with van der Waals surface area (Å²) >= 11 is 2.47. The van der Waals surface area contributed by atoms with Crippen LogP contribution in [0.25, 0.3) is 21.5 Å². The summed E-state index contributed by atoms with van der Waals surface area (Å²) in [6.07, 6.45) is 0.876. The van der Waals surface area contributed by atoms with Gasteiger partial charge in [-0.3, -0.25) is 14.2 Å². The molecule has 1 aromatic carbocycles. The maximum absolute atomic E-state index is 12.9. The summed E-state index contributed by atoms with van der Waals surface area (Å²) in [5.74, 6) is 0.165. The lowest BCUT2D eigenvalue weighted by molar-refractivity contribution is -0.119. The fourth-order valence-electron chi connectivity index (χ4n) is 2.73. The highest BCUT2D eigenvalue weighted by Crippen LogP contribution is 2.29. The highest BCUT2D eigenvalue weighted by molar-refractivity contribution is 7.99. The SMILES string of the molecule is CCC(C)NC(=O)CSc1nc2c(-c3ccc(C)cc3)nsc2c(=O)n1CC. The fraction of sp³-hybridized carbons (Fsp3) is 0.400. The van der Waals surface area contributed by atoms with Gasteiger partial charge >= 0.3 is 0 Å². The second-order valence-corrected chi connectivity index (χ2v) is 8.40. The van der Waals surface area contributed by atoms with Crippen LogP contribution >= 0.6 is 23.3 Å². The Morgan fingerprint density at radius 1 is 1.29 bits per heavy atom. The molecule has 1 N–H and O–H groups in total. The van der Waals surface area contributed by atoms with E-state index in [1.165, 1.54) is 23.3 Å². The molecule has 1 amide bonds. The smallest absolute Gasteiger partial charge is 0.273 e. The van der Waals surface area contributed by atoms with Crippen molar-refractivity contribution < 1.29 is 4.79 Å². The van der Waals surface area contributed by atoms with Crippen molar-refractivity contribution in [2.24, 2.45) is 0 Å². The molecule has 2 heterocycles. The average molecular weight is 417 g/mol. The van der Waals surface area contributed by atoms with Crippen LogP contribution in [0, 0.1) is 6.92 Å². The van der Waals surface area contributed by atoms with Crippen LogP contribution in [0.5, 0.6) is 0 Å². The summed E-state index contributed by atoms with van der Waals surface area (Å²) in [7, 11) is 0. The van der Waals surface area contributed by atoms with E-state index in [0.29, 0.717) is 27.6 Å². The second kappa shape index (κ2) is 8.87. The molecule has 0 aliphatic heterocycles. The van der Waals surface area contributed by atoms with Crippen molar-refractivity contribution in [3.8, 4) is 11.3 Å². The van der Waals surface area contributed by atoms with Gasteiger partial charge in [0, 0.05) is 18.2 Å². The van der Waals surface area contributed by atoms with Crippen molar-refractivity contribution in [2.45, 2.75) is 51.9 Å². The van der Waals surface area contributed by atoms with Crippen LogP contribution in [0.15, 0.2) is 34.2 Å². The van der Waals surface area contributed by atoms with Gasteiger partial charge in [-0.15, -0.1) is 0 Å². The molecule has 0 saturated carbocycles. The second-order valence-electron chi connectivity index (χ2n) is 6.68. The summed E-state index contributed by atoms with van der Waals surface area (Å²) < 4.78 is 6.65. The number of amides is 1. The molecule has 2 aromatic heterocycles. The molecular weight excluding hydrogens is 392 g/mol. The zero-order valence-corrected chi connectivity index (χ0v) is 18.1. The van der Waals surface area contributed by atoms with Gasteiger partial charge in [0.1, 0.15) is 15.9 Å². The summed E-state index contributed by atoms with van der Waals surface area (Å²) in [4.78, 5) is 29.8. The van der Waals surface area contributed by atoms with Crippen LogP contribution in [-0.2, 0) is 11.3 Å². The molecule has 0 aliphatic carbocycles. The lowest BCUT2D eigenvalue weighted by atomic mass is 10.1. The van der Waals surface area contributed by atoms with E-state index in [9.17, 15) is 9.59 Å². The van der Waals surface area contributed by atoms with Crippen LogP contribution in [0.4, 0.5) is 0 Å². The monoisotopic (exact) mass is 416 g/mol. The van der Waals surface area contributed by atoms with Crippen molar-refractivity contribution in [1.82, 2.24) is 19.2 Å². The molecule has 0 bridgehead atoms. The van der Waals surface area contributed by atoms with Gasteiger partial charge in [-0.05, 0) is 38.7 Å². The predicted octanol–water partition coefficient (Wildman–Crippen LogP) is 3.86. The molecule has 0 fully saturated rings. The van der Waals surface area contributed by atoms with Gasteiger partial charge in [0.05, 0.1) is 5.75 Å². The zero-order chi connectivity index (χ0) is 20.3. The average Bonchev–Trinajstić information content (AvgIpc) is 3.11. The highest BCUT2D eigenvalue weighted by atomic mass is 32.2. The van der Waals surface area contributed by atoms with Gasteiger partial charge in [0.25, 0.3) is 5.56 Å². The summed E-state index contributed by atoms with van der Waals surface area (Å²) in [5.41, 5.74) is 3.31. The number of fused-ring (bicyclic) bond motifs is 1. The van der Waals surface area contributed by atoms with E-state index in [4.69, 9.17) is 4.98 Å². The van der Waals surface area contributed by atoms with E-state index in [-0.39, 0.29) is 23.3 Å². The standard InChI is InChI=1S/C20H24N4O2S2/c1-5-13(4)21-15(25)11-27-20-22-17-16(14-9-7-12(3)8-10-14)23-28-18(17)19(26)24(20)6-2/h7-10,13H,5-6,11H2,1-4H3,(H,21,25). The van der Waals surface area contributed by atoms with E-state index < -0.39 is 0 Å². The number of aromatic nitrogens is 3. The number of hydrogen-bond donors (Lipinski definition) is 1. The fourth-order valence-corrected chi connectivity index (χ4v) is 4.39. The van der Waals surface area contributed by atoms with Gasteiger partial charge in [-0.25, -0.2) is 4.98 Å². The lowest BCUT2D eigenvalue weighted by Gasteiger charge is -2.12. The first-order valence-corrected chi connectivity index (χ1v) is 11.1. The largest absolute Gasteiger partial charge is 0.353 e. The van der Waals surface area contributed by atoms with E-state index in [0.717, 1.165) is 17.5 Å². The minimum Gasteiger partial charge on any atom is -0.353 e. The van der Waals surface area contributed by atoms with Crippen molar-refractivity contribution in [3.63, 3.8) is 0 Å². The Morgan fingerprint density at radius 3 is 2.64 bits per heavy atom. The Labute approximate surface area is 172 Å². The Kier molecular flexibility index (Phi) is 6.51. The van der Waals surface area contributed by atoms with Gasteiger partial charge in [0.2, 0.25) is 5.91 Å². The first kappa shape index (κ1) is 20.5. The van der Waals surface area contributed by atoms with Gasteiger partial charge in [-0.1, -0.05) is 48.5 Å². The maximum atomic E-state index is 12.9. The topological polar surface area (TPSA) is 76.9 Å². The third-order valence-corrected chi connectivity index (χ3v) is 6.34. The van der Waals surface area contributed by atoms with Gasteiger partial charge < -0.3 is 5.32 Å². The molecular formula is C20H24N4O2S2. The predicted molar refractivity (Wildman–Crippen MR) is 116 cm³/mol. The first-order valence-electron chi connectivity index (χ1n) is 9.34.